The standard InChI is InChI=1S/C11H12O2/c1-3-8-4-5-9-10(7(8)2)6-13-11(9)12/h4-5H,3,6H2,1-2H3. The normalized spacial score (nSPS) is 14.2. The van der Waals surface area contributed by atoms with Gasteiger partial charge in [0.15, 0.2) is 0 Å². The van der Waals surface area contributed by atoms with Gasteiger partial charge in [0.25, 0.3) is 0 Å². The number of benzene rings is 1. The van der Waals surface area contributed by atoms with E-state index in [1.165, 1.54) is 11.1 Å². The molecule has 2 heteroatoms. The van der Waals surface area contributed by atoms with Crippen molar-refractivity contribution in [2.24, 2.45) is 0 Å². The quantitative estimate of drug-likeness (QED) is 0.613. The van der Waals surface area contributed by atoms with E-state index in [1.807, 2.05) is 12.1 Å². The van der Waals surface area contributed by atoms with Crippen LogP contribution in [-0.2, 0) is 17.8 Å². The molecule has 0 radical (unpaired) electrons. The zero-order chi connectivity index (χ0) is 9.42. The number of fused-ring (bicyclic) bond motifs is 1. The van der Waals surface area contributed by atoms with Crippen LogP contribution in [0.5, 0.6) is 0 Å². The first kappa shape index (κ1) is 8.30. The summed E-state index contributed by atoms with van der Waals surface area (Å²) < 4.78 is 4.96. The molecule has 0 saturated heterocycles. The van der Waals surface area contributed by atoms with E-state index >= 15 is 0 Å². The molecule has 0 N–H and O–H groups in total. The smallest absolute Gasteiger partial charge is 0.338 e. The Kier molecular flexibility index (Phi) is 1.83. The summed E-state index contributed by atoms with van der Waals surface area (Å²) in [6, 6.07) is 3.89. The number of ether oxygens (including phenoxy) is 1. The lowest BCUT2D eigenvalue weighted by Gasteiger charge is -2.05. The second-order valence-corrected chi connectivity index (χ2v) is 3.31. The first-order chi connectivity index (χ1) is 6.24. The van der Waals surface area contributed by atoms with E-state index in [-0.39, 0.29) is 5.97 Å². The van der Waals surface area contributed by atoms with E-state index in [9.17, 15) is 4.79 Å². The second kappa shape index (κ2) is 2.87. The van der Waals surface area contributed by atoms with Crippen LogP contribution in [0.3, 0.4) is 0 Å². The average Bonchev–Trinajstić information content (AvgIpc) is 2.50. The second-order valence-electron chi connectivity index (χ2n) is 3.31. The largest absolute Gasteiger partial charge is 0.457 e. The van der Waals surface area contributed by atoms with Gasteiger partial charge in [0, 0.05) is 5.56 Å². The predicted octanol–water partition coefficient (Wildman–Crippen LogP) is 2.23. The maximum absolute atomic E-state index is 11.2. The van der Waals surface area contributed by atoms with Crippen LogP contribution in [0.4, 0.5) is 0 Å². The lowest BCUT2D eigenvalue weighted by atomic mass is 9.97. The minimum Gasteiger partial charge on any atom is -0.457 e. The van der Waals surface area contributed by atoms with Crippen LogP contribution in [0.1, 0.15) is 34.0 Å². The van der Waals surface area contributed by atoms with Crippen molar-refractivity contribution in [2.45, 2.75) is 26.9 Å². The topological polar surface area (TPSA) is 26.3 Å². The Morgan fingerprint density at radius 3 is 2.92 bits per heavy atom. The highest BCUT2D eigenvalue weighted by molar-refractivity contribution is 5.93. The van der Waals surface area contributed by atoms with Crippen LogP contribution in [-0.4, -0.2) is 5.97 Å². The molecule has 0 aliphatic carbocycles. The van der Waals surface area contributed by atoms with Crippen LogP contribution in [0.15, 0.2) is 12.1 Å². The van der Waals surface area contributed by atoms with Crippen LogP contribution in [0, 0.1) is 6.92 Å². The summed E-state index contributed by atoms with van der Waals surface area (Å²) in [7, 11) is 0. The first-order valence-electron chi connectivity index (χ1n) is 4.52. The molecule has 1 aromatic rings. The maximum atomic E-state index is 11.2. The van der Waals surface area contributed by atoms with Gasteiger partial charge in [-0.05, 0) is 30.5 Å². The zero-order valence-electron chi connectivity index (χ0n) is 7.89. The van der Waals surface area contributed by atoms with Gasteiger partial charge in [-0.2, -0.15) is 0 Å². The van der Waals surface area contributed by atoms with E-state index in [4.69, 9.17) is 4.74 Å². The Hall–Kier alpha value is -1.31. The maximum Gasteiger partial charge on any atom is 0.338 e. The number of esters is 1. The van der Waals surface area contributed by atoms with Crippen molar-refractivity contribution in [2.75, 3.05) is 0 Å². The molecule has 1 aliphatic rings. The number of hydrogen-bond donors (Lipinski definition) is 0. The SMILES string of the molecule is CCc1ccc2c(c1C)COC2=O. The van der Waals surface area contributed by atoms with Gasteiger partial charge in [-0.25, -0.2) is 4.79 Å². The fourth-order valence-corrected chi connectivity index (χ4v) is 1.78. The first-order valence-corrected chi connectivity index (χ1v) is 4.52. The van der Waals surface area contributed by atoms with E-state index in [1.54, 1.807) is 0 Å². The molecule has 0 bridgehead atoms. The van der Waals surface area contributed by atoms with Crippen molar-refractivity contribution >= 4 is 5.97 Å². The van der Waals surface area contributed by atoms with Crippen molar-refractivity contribution < 1.29 is 9.53 Å². The number of cyclic esters (lactones) is 1. The number of rotatable bonds is 1. The number of carbonyl (C=O) groups is 1. The van der Waals surface area contributed by atoms with E-state index in [2.05, 4.69) is 13.8 Å². The third kappa shape index (κ3) is 1.13. The Morgan fingerprint density at radius 1 is 1.46 bits per heavy atom. The third-order valence-corrected chi connectivity index (χ3v) is 2.66. The van der Waals surface area contributed by atoms with Crippen LogP contribution >= 0.6 is 0 Å². The van der Waals surface area contributed by atoms with Gasteiger partial charge in [-0.15, -0.1) is 0 Å². The molecule has 0 fully saturated rings. The molecule has 0 unspecified atom stereocenters. The minimum absolute atomic E-state index is 0.180. The molecule has 68 valence electrons. The van der Waals surface area contributed by atoms with Crippen molar-refractivity contribution in [3.63, 3.8) is 0 Å². The van der Waals surface area contributed by atoms with Crippen molar-refractivity contribution in [1.82, 2.24) is 0 Å². The molecule has 2 rings (SSSR count). The fourth-order valence-electron chi connectivity index (χ4n) is 1.78. The molecule has 1 aromatic carbocycles. The van der Waals surface area contributed by atoms with Crippen molar-refractivity contribution in [3.8, 4) is 0 Å². The highest BCUT2D eigenvalue weighted by Crippen LogP contribution is 2.25. The molecule has 1 aliphatic heterocycles. The fraction of sp³-hybridized carbons (Fsp3) is 0.364. The van der Waals surface area contributed by atoms with Gasteiger partial charge >= 0.3 is 5.97 Å². The molecule has 13 heavy (non-hydrogen) atoms. The summed E-state index contributed by atoms with van der Waals surface area (Å²) in [5.74, 6) is -0.180. The zero-order valence-corrected chi connectivity index (χ0v) is 7.89. The number of carbonyl (C=O) groups excluding carboxylic acids is 1. The monoisotopic (exact) mass is 176 g/mol. The van der Waals surface area contributed by atoms with Crippen LogP contribution < -0.4 is 0 Å². The van der Waals surface area contributed by atoms with Gasteiger partial charge < -0.3 is 4.74 Å². The summed E-state index contributed by atoms with van der Waals surface area (Å²) in [6.45, 7) is 4.62. The Morgan fingerprint density at radius 2 is 2.23 bits per heavy atom. The van der Waals surface area contributed by atoms with Gasteiger partial charge in [0.2, 0.25) is 0 Å². The van der Waals surface area contributed by atoms with Gasteiger partial charge in [0.05, 0.1) is 5.56 Å². The molecule has 0 spiro atoms. The Labute approximate surface area is 77.5 Å². The molecule has 0 atom stereocenters. The molecule has 0 amide bonds. The lowest BCUT2D eigenvalue weighted by molar-refractivity contribution is 0.0535. The van der Waals surface area contributed by atoms with Crippen molar-refractivity contribution in [1.29, 1.82) is 0 Å². The van der Waals surface area contributed by atoms with Crippen LogP contribution in [0.2, 0.25) is 0 Å². The summed E-state index contributed by atoms with van der Waals surface area (Å²) in [5.41, 5.74) is 4.34. The number of hydrogen-bond acceptors (Lipinski definition) is 2. The summed E-state index contributed by atoms with van der Waals surface area (Å²) in [6.07, 6.45) is 1.01. The van der Waals surface area contributed by atoms with Crippen molar-refractivity contribution in [3.05, 3.63) is 34.4 Å². The van der Waals surface area contributed by atoms with E-state index in [0.717, 1.165) is 17.5 Å². The lowest BCUT2D eigenvalue weighted by Crippen LogP contribution is -1.96. The Balaban J connectivity index is 2.60. The van der Waals surface area contributed by atoms with Gasteiger partial charge in [0.1, 0.15) is 6.61 Å². The molecular weight excluding hydrogens is 164 g/mol. The van der Waals surface area contributed by atoms with Gasteiger partial charge in [-0.3, -0.25) is 0 Å². The third-order valence-electron chi connectivity index (χ3n) is 2.66. The molecular formula is C11H12O2. The summed E-state index contributed by atoms with van der Waals surface area (Å²) in [4.78, 5) is 11.2. The minimum atomic E-state index is -0.180. The molecule has 2 nitrogen and oxygen atoms in total. The molecule has 1 heterocycles. The van der Waals surface area contributed by atoms with Crippen LogP contribution in [0.25, 0.3) is 0 Å². The molecule has 0 aromatic heterocycles. The van der Waals surface area contributed by atoms with E-state index in [0.29, 0.717) is 6.61 Å². The predicted molar refractivity (Wildman–Crippen MR) is 49.7 cm³/mol. The average molecular weight is 176 g/mol. The summed E-state index contributed by atoms with van der Waals surface area (Å²) in [5, 5.41) is 0. The summed E-state index contributed by atoms with van der Waals surface area (Å²) >= 11 is 0. The Bertz CT molecular complexity index is 367. The highest BCUT2D eigenvalue weighted by Gasteiger charge is 2.23. The van der Waals surface area contributed by atoms with Gasteiger partial charge in [-0.1, -0.05) is 13.0 Å². The molecule has 0 saturated carbocycles. The van der Waals surface area contributed by atoms with E-state index < -0.39 is 0 Å². The highest BCUT2D eigenvalue weighted by atomic mass is 16.5. The number of aryl methyl sites for hydroxylation is 1.